The van der Waals surface area contributed by atoms with Crippen LogP contribution >= 0.6 is 0 Å². The highest BCUT2D eigenvalue weighted by molar-refractivity contribution is 5.94. The Bertz CT molecular complexity index is 988. The summed E-state index contributed by atoms with van der Waals surface area (Å²) >= 11 is 0. The summed E-state index contributed by atoms with van der Waals surface area (Å²) in [5, 5.41) is 13.7. The second kappa shape index (κ2) is 10.4. The number of halogens is 3. The van der Waals surface area contributed by atoms with Gasteiger partial charge in [0, 0.05) is 42.7 Å². The van der Waals surface area contributed by atoms with E-state index in [1.54, 1.807) is 6.20 Å². The van der Waals surface area contributed by atoms with Crippen LogP contribution in [0.1, 0.15) is 41.6 Å². The van der Waals surface area contributed by atoms with Crippen molar-refractivity contribution in [2.45, 2.75) is 50.0 Å². The second-order valence-electron chi connectivity index (χ2n) is 8.77. The van der Waals surface area contributed by atoms with Crippen LogP contribution in [0.3, 0.4) is 0 Å². The number of benzene rings is 1. The number of amides is 1. The van der Waals surface area contributed by atoms with E-state index < -0.39 is 17.6 Å². The highest BCUT2D eigenvalue weighted by atomic mass is 19.4. The summed E-state index contributed by atoms with van der Waals surface area (Å²) in [6, 6.07) is 8.77. The van der Waals surface area contributed by atoms with Gasteiger partial charge in [0.25, 0.3) is 5.91 Å². The fourth-order valence-corrected chi connectivity index (χ4v) is 4.42. The topological polar surface area (TPSA) is 79.4 Å². The summed E-state index contributed by atoms with van der Waals surface area (Å²) in [5.41, 5.74) is -0.247. The number of nitrogens with one attached hydrogen (secondary N) is 2. The van der Waals surface area contributed by atoms with Crippen LogP contribution in [0.2, 0.25) is 0 Å². The van der Waals surface area contributed by atoms with Crippen LogP contribution in [0.25, 0.3) is 0 Å². The van der Waals surface area contributed by atoms with Gasteiger partial charge >= 0.3 is 6.18 Å². The van der Waals surface area contributed by atoms with Gasteiger partial charge in [0.2, 0.25) is 5.88 Å². The molecule has 2 heterocycles. The second-order valence-corrected chi connectivity index (χ2v) is 8.77. The Balaban J connectivity index is 1.13. The summed E-state index contributed by atoms with van der Waals surface area (Å²) in [6.07, 6.45) is 1.38. The molecule has 2 N–H and O–H groups in total. The van der Waals surface area contributed by atoms with E-state index >= 15 is 0 Å². The first-order chi connectivity index (χ1) is 16.3. The molecule has 1 saturated heterocycles. The van der Waals surface area contributed by atoms with Crippen molar-refractivity contribution in [3.63, 3.8) is 0 Å². The minimum absolute atomic E-state index is 0.0312. The molecule has 4 rings (SSSR count). The SMILES string of the molecule is C=C(CNC(=O)c1cccc(C(F)(F)F)c1)NC1CN(C2CCC(Oc3cccnn3)CC2)C1. The molecule has 2 fully saturated rings. The predicted molar refractivity (Wildman–Crippen MR) is 120 cm³/mol. The molecule has 0 unspecified atom stereocenters. The van der Waals surface area contributed by atoms with Gasteiger partial charge in [0.05, 0.1) is 18.2 Å². The minimum Gasteiger partial charge on any atom is -0.473 e. The molecule has 1 aliphatic carbocycles. The molecule has 34 heavy (non-hydrogen) atoms. The maximum Gasteiger partial charge on any atom is 0.416 e. The van der Waals surface area contributed by atoms with E-state index in [1.165, 1.54) is 12.1 Å². The molecule has 1 saturated carbocycles. The highest BCUT2D eigenvalue weighted by Crippen LogP contribution is 2.30. The molecule has 0 spiro atoms. The average Bonchev–Trinajstić information content (AvgIpc) is 2.80. The molecular weight excluding hydrogens is 447 g/mol. The van der Waals surface area contributed by atoms with E-state index in [9.17, 15) is 18.0 Å². The Morgan fingerprint density at radius 3 is 2.59 bits per heavy atom. The van der Waals surface area contributed by atoms with E-state index in [-0.39, 0.29) is 24.3 Å². The number of aromatic nitrogens is 2. The van der Waals surface area contributed by atoms with Crippen molar-refractivity contribution >= 4 is 5.91 Å². The van der Waals surface area contributed by atoms with Gasteiger partial charge in [-0.15, -0.1) is 5.10 Å². The first kappa shape index (κ1) is 24.0. The first-order valence-corrected chi connectivity index (χ1v) is 11.4. The largest absolute Gasteiger partial charge is 0.473 e. The molecule has 1 amide bonds. The van der Waals surface area contributed by atoms with E-state index in [0.717, 1.165) is 50.9 Å². The van der Waals surface area contributed by atoms with Crippen molar-refractivity contribution in [2.75, 3.05) is 19.6 Å². The van der Waals surface area contributed by atoms with Gasteiger partial charge in [0.1, 0.15) is 6.10 Å². The van der Waals surface area contributed by atoms with Gasteiger partial charge < -0.3 is 15.4 Å². The van der Waals surface area contributed by atoms with Gasteiger partial charge in [0.15, 0.2) is 0 Å². The van der Waals surface area contributed by atoms with Gasteiger partial charge in [-0.3, -0.25) is 9.69 Å². The number of carbonyl (C=O) groups is 1. The van der Waals surface area contributed by atoms with Crippen molar-refractivity contribution in [3.8, 4) is 5.88 Å². The zero-order valence-corrected chi connectivity index (χ0v) is 18.7. The molecule has 182 valence electrons. The summed E-state index contributed by atoms with van der Waals surface area (Å²) in [5.74, 6) is 0.00238. The van der Waals surface area contributed by atoms with E-state index in [4.69, 9.17) is 4.74 Å². The molecule has 0 radical (unpaired) electrons. The summed E-state index contributed by atoms with van der Waals surface area (Å²) < 4.78 is 44.4. The maximum atomic E-state index is 12.8. The lowest BCUT2D eigenvalue weighted by Gasteiger charge is -2.47. The molecule has 7 nitrogen and oxygen atoms in total. The standard InChI is InChI=1S/C24H28F3N5O2/c1-16(13-28-23(33)17-4-2-5-18(12-17)24(25,26)27)30-19-14-32(15-19)20-7-9-21(10-8-20)34-22-6-3-11-29-31-22/h2-6,11-12,19-21,30H,1,7-10,13-15H2,(H,28,33). The number of nitrogens with zero attached hydrogens (tertiary/aromatic N) is 3. The quantitative estimate of drug-likeness (QED) is 0.609. The van der Waals surface area contributed by atoms with Crippen LogP contribution in [0, 0.1) is 0 Å². The van der Waals surface area contributed by atoms with Crippen LogP contribution in [0.15, 0.2) is 54.9 Å². The molecule has 0 bridgehead atoms. The zero-order valence-electron chi connectivity index (χ0n) is 18.7. The number of rotatable bonds is 8. The van der Waals surface area contributed by atoms with Gasteiger partial charge in [-0.1, -0.05) is 12.6 Å². The Morgan fingerprint density at radius 1 is 1.15 bits per heavy atom. The Hall–Kier alpha value is -3.14. The number of alkyl halides is 3. The fourth-order valence-electron chi connectivity index (χ4n) is 4.42. The number of hydrogen-bond acceptors (Lipinski definition) is 6. The third-order valence-electron chi connectivity index (χ3n) is 6.23. The van der Waals surface area contributed by atoms with Crippen molar-refractivity contribution < 1.29 is 22.7 Å². The lowest BCUT2D eigenvalue weighted by molar-refractivity contribution is -0.137. The van der Waals surface area contributed by atoms with E-state index in [0.29, 0.717) is 17.6 Å². The molecule has 1 aromatic heterocycles. The fraction of sp³-hybridized carbons (Fsp3) is 0.458. The maximum absolute atomic E-state index is 12.8. The normalized spacial score (nSPS) is 21.4. The Kier molecular flexibility index (Phi) is 7.35. The average molecular weight is 476 g/mol. The number of carbonyl (C=O) groups excluding carboxylic acids is 1. The monoisotopic (exact) mass is 475 g/mol. The zero-order chi connectivity index (χ0) is 24.1. The molecule has 10 heteroatoms. The smallest absolute Gasteiger partial charge is 0.416 e. The van der Waals surface area contributed by atoms with Gasteiger partial charge in [-0.2, -0.15) is 18.3 Å². The molecule has 2 aromatic rings. The summed E-state index contributed by atoms with van der Waals surface area (Å²) in [4.78, 5) is 14.7. The van der Waals surface area contributed by atoms with Crippen molar-refractivity contribution in [1.29, 1.82) is 0 Å². The number of hydrogen-bond donors (Lipinski definition) is 2. The summed E-state index contributed by atoms with van der Waals surface area (Å²) in [6.45, 7) is 5.86. The molecule has 2 aliphatic rings. The van der Waals surface area contributed by atoms with Gasteiger partial charge in [-0.05, 0) is 49.9 Å². The minimum atomic E-state index is -4.49. The Morgan fingerprint density at radius 2 is 1.91 bits per heavy atom. The van der Waals surface area contributed by atoms with Crippen LogP contribution in [-0.2, 0) is 6.18 Å². The van der Waals surface area contributed by atoms with Crippen LogP contribution in [0.4, 0.5) is 13.2 Å². The van der Waals surface area contributed by atoms with E-state index in [1.807, 2.05) is 12.1 Å². The first-order valence-electron chi connectivity index (χ1n) is 11.4. The van der Waals surface area contributed by atoms with Crippen LogP contribution < -0.4 is 15.4 Å². The van der Waals surface area contributed by atoms with Crippen LogP contribution in [-0.4, -0.2) is 58.8 Å². The van der Waals surface area contributed by atoms with Crippen molar-refractivity contribution in [1.82, 2.24) is 25.7 Å². The number of ether oxygens (including phenoxy) is 1. The molecular formula is C24H28F3N5O2. The third-order valence-corrected chi connectivity index (χ3v) is 6.23. The predicted octanol–water partition coefficient (Wildman–Crippen LogP) is 3.40. The third kappa shape index (κ3) is 6.25. The molecule has 1 aromatic carbocycles. The Labute approximate surface area is 196 Å². The number of likely N-dealkylation sites (tertiary alicyclic amines) is 1. The highest BCUT2D eigenvalue weighted by Gasteiger charge is 2.35. The van der Waals surface area contributed by atoms with Gasteiger partial charge in [-0.25, -0.2) is 0 Å². The summed E-state index contributed by atoms with van der Waals surface area (Å²) in [7, 11) is 0. The molecule has 0 atom stereocenters. The molecule has 1 aliphatic heterocycles. The van der Waals surface area contributed by atoms with Crippen molar-refractivity contribution in [3.05, 3.63) is 66.0 Å². The van der Waals surface area contributed by atoms with Crippen LogP contribution in [0.5, 0.6) is 5.88 Å². The lowest BCUT2D eigenvalue weighted by Crippen LogP contribution is -2.61. The van der Waals surface area contributed by atoms with E-state index in [2.05, 4.69) is 32.3 Å². The van der Waals surface area contributed by atoms with Crippen molar-refractivity contribution in [2.24, 2.45) is 0 Å². The lowest BCUT2D eigenvalue weighted by atomic mass is 9.89.